The number of nitrogens with zero attached hydrogens (tertiary/aromatic N) is 1. The molecule has 0 radical (unpaired) electrons. The second-order valence-electron chi connectivity index (χ2n) is 5.68. The Morgan fingerprint density at radius 2 is 1.92 bits per heavy atom. The van der Waals surface area contributed by atoms with Gasteiger partial charge in [-0.3, -0.25) is 14.5 Å². The van der Waals surface area contributed by atoms with Crippen LogP contribution in [0, 0.1) is 0 Å². The van der Waals surface area contributed by atoms with Crippen LogP contribution in [0.1, 0.15) is 35.1 Å². The molecule has 1 aliphatic heterocycles. The molecule has 134 valence electrons. The molecule has 2 aromatic rings. The first kappa shape index (κ1) is 17.9. The number of anilines is 1. The summed E-state index contributed by atoms with van der Waals surface area (Å²) in [6.45, 7) is 3.32. The molecule has 3 rings (SSSR count). The first-order valence-corrected chi connectivity index (χ1v) is 8.91. The molecule has 0 fully saturated rings. The summed E-state index contributed by atoms with van der Waals surface area (Å²) in [5.41, 5.74) is 0.912. The summed E-state index contributed by atoms with van der Waals surface area (Å²) in [7, 11) is 0. The molecule has 1 amide bonds. The van der Waals surface area contributed by atoms with Crippen molar-refractivity contribution in [2.24, 2.45) is 0 Å². The first-order chi connectivity index (χ1) is 12.5. The van der Waals surface area contributed by atoms with E-state index in [1.165, 1.54) is 23.2 Å². The van der Waals surface area contributed by atoms with Gasteiger partial charge in [-0.05, 0) is 49.6 Å². The van der Waals surface area contributed by atoms with Gasteiger partial charge in [-0.25, -0.2) is 4.79 Å². The maximum absolute atomic E-state index is 12.6. The number of hydrogen-bond acceptors (Lipinski definition) is 6. The fraction of sp³-hybridized carbons (Fsp3) is 0.211. The monoisotopic (exact) mass is 371 g/mol. The molecule has 7 heteroatoms. The topological polar surface area (TPSA) is 83.9 Å². The lowest BCUT2D eigenvalue weighted by Gasteiger charge is -2.25. The summed E-state index contributed by atoms with van der Waals surface area (Å²) in [6.07, 6.45) is 0. The van der Waals surface area contributed by atoms with E-state index in [4.69, 9.17) is 4.74 Å². The lowest BCUT2D eigenvalue weighted by atomic mass is 10.0. The Kier molecular flexibility index (Phi) is 4.90. The predicted molar refractivity (Wildman–Crippen MR) is 97.3 cm³/mol. The molecule has 0 spiro atoms. The standard InChI is InChI=1S/C19H17NO5S/c1-3-25-19(24)12-6-8-13(9-7-12)20-16(14-5-4-10-26-14)15(11(2)21)17(22)18(20)23/h4-10,16,22H,3H2,1-2H3/t16-/m0/s1. The molecule has 0 unspecified atom stereocenters. The normalized spacial score (nSPS) is 16.9. The third kappa shape index (κ3) is 3.01. The lowest BCUT2D eigenvalue weighted by molar-refractivity contribution is -0.117. The number of hydrogen-bond donors (Lipinski definition) is 1. The number of carbonyl (C=O) groups is 3. The van der Waals surface area contributed by atoms with Crippen molar-refractivity contribution < 1.29 is 24.2 Å². The van der Waals surface area contributed by atoms with Crippen molar-refractivity contribution in [3.8, 4) is 0 Å². The molecule has 0 aliphatic carbocycles. The van der Waals surface area contributed by atoms with Crippen molar-refractivity contribution in [2.45, 2.75) is 19.9 Å². The second kappa shape index (κ2) is 7.13. The number of amides is 1. The summed E-state index contributed by atoms with van der Waals surface area (Å²) in [5, 5.41) is 12.1. The summed E-state index contributed by atoms with van der Waals surface area (Å²) >= 11 is 1.39. The quantitative estimate of drug-likeness (QED) is 0.814. The lowest BCUT2D eigenvalue weighted by Crippen LogP contribution is -2.30. The van der Waals surface area contributed by atoms with Crippen LogP contribution in [0.2, 0.25) is 0 Å². The molecule has 6 nitrogen and oxygen atoms in total. The van der Waals surface area contributed by atoms with Gasteiger partial charge in [0.25, 0.3) is 5.91 Å². The van der Waals surface area contributed by atoms with E-state index >= 15 is 0 Å². The average molecular weight is 371 g/mol. The fourth-order valence-corrected chi connectivity index (χ4v) is 3.74. The summed E-state index contributed by atoms with van der Waals surface area (Å²) in [6, 6.07) is 9.24. The van der Waals surface area contributed by atoms with E-state index < -0.39 is 23.7 Å². The van der Waals surface area contributed by atoms with Gasteiger partial charge in [-0.15, -0.1) is 11.3 Å². The minimum absolute atomic E-state index is 0.0759. The van der Waals surface area contributed by atoms with Gasteiger partial charge in [-0.2, -0.15) is 0 Å². The van der Waals surface area contributed by atoms with Crippen molar-refractivity contribution in [3.05, 3.63) is 63.6 Å². The highest BCUT2D eigenvalue weighted by atomic mass is 32.1. The number of thiophene rings is 1. The molecule has 1 atom stereocenters. The van der Waals surface area contributed by atoms with Crippen LogP contribution < -0.4 is 4.90 Å². The second-order valence-corrected chi connectivity index (χ2v) is 6.66. The highest BCUT2D eigenvalue weighted by Crippen LogP contribution is 2.42. The molecule has 0 saturated heterocycles. The van der Waals surface area contributed by atoms with Crippen molar-refractivity contribution in [3.63, 3.8) is 0 Å². The number of aliphatic hydroxyl groups excluding tert-OH is 1. The zero-order valence-corrected chi connectivity index (χ0v) is 15.1. The van der Waals surface area contributed by atoms with Crippen molar-refractivity contribution in [1.82, 2.24) is 0 Å². The molecule has 1 aliphatic rings. The Hall–Kier alpha value is -2.93. The van der Waals surface area contributed by atoms with E-state index in [1.54, 1.807) is 31.2 Å². The van der Waals surface area contributed by atoms with E-state index in [0.29, 0.717) is 11.3 Å². The van der Waals surface area contributed by atoms with E-state index in [2.05, 4.69) is 0 Å². The molecule has 26 heavy (non-hydrogen) atoms. The molecule has 0 saturated carbocycles. The van der Waals surface area contributed by atoms with E-state index in [1.807, 2.05) is 17.5 Å². The van der Waals surface area contributed by atoms with E-state index in [9.17, 15) is 19.5 Å². The number of Topliss-reactive ketones (excluding diaryl/α,β-unsaturated/α-hetero) is 1. The molecule has 2 heterocycles. The van der Waals surface area contributed by atoms with Crippen LogP contribution in [0.3, 0.4) is 0 Å². The van der Waals surface area contributed by atoms with Crippen molar-refractivity contribution in [2.75, 3.05) is 11.5 Å². The van der Waals surface area contributed by atoms with Gasteiger partial charge in [0.1, 0.15) is 6.04 Å². The third-order valence-electron chi connectivity index (χ3n) is 4.06. The zero-order chi connectivity index (χ0) is 18.8. The maximum atomic E-state index is 12.6. The number of aliphatic hydroxyl groups is 1. The molecular weight excluding hydrogens is 354 g/mol. The van der Waals surface area contributed by atoms with Crippen LogP contribution in [0.4, 0.5) is 5.69 Å². The number of ketones is 1. The van der Waals surface area contributed by atoms with Crippen LogP contribution >= 0.6 is 11.3 Å². The minimum Gasteiger partial charge on any atom is -0.503 e. The smallest absolute Gasteiger partial charge is 0.338 e. The zero-order valence-electron chi connectivity index (χ0n) is 14.3. The van der Waals surface area contributed by atoms with Crippen LogP contribution in [0.5, 0.6) is 0 Å². The molecule has 1 aromatic carbocycles. The summed E-state index contributed by atoms with van der Waals surface area (Å²) in [5.74, 6) is -1.99. The van der Waals surface area contributed by atoms with Gasteiger partial charge in [-0.1, -0.05) is 6.07 Å². The number of rotatable bonds is 5. The molecule has 1 aromatic heterocycles. The molecule has 0 bridgehead atoms. The van der Waals surface area contributed by atoms with Gasteiger partial charge < -0.3 is 9.84 Å². The van der Waals surface area contributed by atoms with Gasteiger partial charge >= 0.3 is 5.97 Å². The Bertz CT molecular complexity index is 883. The van der Waals surface area contributed by atoms with Gasteiger partial charge in [0.05, 0.1) is 17.7 Å². The van der Waals surface area contributed by atoms with Gasteiger partial charge in [0.2, 0.25) is 0 Å². The van der Waals surface area contributed by atoms with E-state index in [-0.39, 0.29) is 18.0 Å². The largest absolute Gasteiger partial charge is 0.503 e. The number of carbonyl (C=O) groups excluding carboxylic acids is 3. The van der Waals surface area contributed by atoms with E-state index in [0.717, 1.165) is 4.88 Å². The van der Waals surface area contributed by atoms with Crippen LogP contribution in [0.25, 0.3) is 0 Å². The maximum Gasteiger partial charge on any atom is 0.338 e. The average Bonchev–Trinajstić information content (AvgIpc) is 3.23. The third-order valence-corrected chi connectivity index (χ3v) is 4.98. The first-order valence-electron chi connectivity index (χ1n) is 8.04. The Balaban J connectivity index is 2.02. The Labute approximate surface area is 154 Å². The number of ether oxygens (including phenoxy) is 1. The van der Waals surface area contributed by atoms with Crippen LogP contribution in [-0.2, 0) is 14.3 Å². The number of esters is 1. The summed E-state index contributed by atoms with van der Waals surface area (Å²) < 4.78 is 4.95. The minimum atomic E-state index is -0.687. The Morgan fingerprint density at radius 1 is 1.23 bits per heavy atom. The number of benzene rings is 1. The van der Waals surface area contributed by atoms with Gasteiger partial charge in [0.15, 0.2) is 11.5 Å². The SMILES string of the molecule is CCOC(=O)c1ccc(N2C(=O)C(O)=C(C(C)=O)[C@@H]2c2cccs2)cc1. The predicted octanol–water partition coefficient (Wildman–Crippen LogP) is 3.41. The van der Waals surface area contributed by atoms with Crippen molar-refractivity contribution in [1.29, 1.82) is 0 Å². The Morgan fingerprint density at radius 3 is 2.46 bits per heavy atom. The van der Waals surface area contributed by atoms with Gasteiger partial charge in [0, 0.05) is 10.6 Å². The summed E-state index contributed by atoms with van der Waals surface area (Å²) in [4.78, 5) is 38.6. The van der Waals surface area contributed by atoms with Crippen LogP contribution in [0.15, 0.2) is 53.1 Å². The molecule has 1 N–H and O–H groups in total. The van der Waals surface area contributed by atoms with Crippen molar-refractivity contribution >= 4 is 34.7 Å². The molecular formula is C19H17NO5S. The highest BCUT2D eigenvalue weighted by Gasteiger charge is 2.43. The van der Waals surface area contributed by atoms with Crippen LogP contribution in [-0.4, -0.2) is 29.4 Å². The fourth-order valence-electron chi connectivity index (χ4n) is 2.92. The highest BCUT2D eigenvalue weighted by molar-refractivity contribution is 7.10.